The van der Waals surface area contributed by atoms with Gasteiger partial charge < -0.3 is 5.73 Å². The molecule has 0 saturated carbocycles. The van der Waals surface area contributed by atoms with Gasteiger partial charge in [-0.25, -0.2) is 4.98 Å². The van der Waals surface area contributed by atoms with Gasteiger partial charge in [0.1, 0.15) is 17.5 Å². The second kappa shape index (κ2) is 6.55. The Hall–Kier alpha value is -3.12. The summed E-state index contributed by atoms with van der Waals surface area (Å²) < 4.78 is 0. The summed E-state index contributed by atoms with van der Waals surface area (Å²) in [5.41, 5.74) is 11.3. The molecule has 0 radical (unpaired) electrons. The van der Waals surface area contributed by atoms with E-state index < -0.39 is 0 Å². The first-order chi connectivity index (χ1) is 11.6. The molecule has 0 saturated heterocycles. The van der Waals surface area contributed by atoms with Crippen LogP contribution >= 0.6 is 0 Å². The number of nitrogens with two attached hydrogens (primary N) is 1. The van der Waals surface area contributed by atoms with Gasteiger partial charge in [0.25, 0.3) is 0 Å². The molecule has 0 aliphatic carbocycles. The topological polar surface area (TPSA) is 62.7 Å². The van der Waals surface area contributed by atoms with Crippen LogP contribution in [0.3, 0.4) is 0 Å². The molecule has 2 N–H and O–H groups in total. The van der Waals surface area contributed by atoms with Crippen molar-refractivity contribution in [2.24, 2.45) is 0 Å². The van der Waals surface area contributed by atoms with Crippen LogP contribution in [0, 0.1) is 11.3 Å². The predicted molar refractivity (Wildman–Crippen MR) is 98.3 cm³/mol. The van der Waals surface area contributed by atoms with Crippen LogP contribution in [0.25, 0.3) is 22.4 Å². The van der Waals surface area contributed by atoms with Gasteiger partial charge in [0.2, 0.25) is 0 Å². The standard InChI is InChI=1S/C21H19N3/c1-14(2)15-8-10-16(11-9-15)18-12-20(17-6-4-3-5-7-17)24-21(23)19(18)13-22/h3-12,14H,1-2H3,(H2,23,24). The van der Waals surface area contributed by atoms with E-state index in [0.717, 1.165) is 22.4 Å². The lowest BCUT2D eigenvalue weighted by molar-refractivity contribution is 0.867. The van der Waals surface area contributed by atoms with Crippen molar-refractivity contribution in [3.8, 4) is 28.5 Å². The van der Waals surface area contributed by atoms with Gasteiger partial charge >= 0.3 is 0 Å². The van der Waals surface area contributed by atoms with E-state index in [2.05, 4.69) is 37.0 Å². The molecule has 0 bridgehead atoms. The van der Waals surface area contributed by atoms with Crippen LogP contribution < -0.4 is 5.73 Å². The monoisotopic (exact) mass is 313 g/mol. The molecule has 0 aliphatic heterocycles. The zero-order valence-corrected chi connectivity index (χ0v) is 13.8. The summed E-state index contributed by atoms with van der Waals surface area (Å²) in [6.45, 7) is 4.32. The summed E-state index contributed by atoms with van der Waals surface area (Å²) in [4.78, 5) is 4.40. The molecule has 118 valence electrons. The first kappa shape index (κ1) is 15.8. The number of anilines is 1. The SMILES string of the molecule is CC(C)c1ccc(-c2cc(-c3ccccc3)nc(N)c2C#N)cc1. The minimum atomic E-state index is 0.266. The Morgan fingerprint density at radius 1 is 0.958 bits per heavy atom. The van der Waals surface area contributed by atoms with Crippen LogP contribution in [-0.2, 0) is 0 Å². The van der Waals surface area contributed by atoms with Crippen molar-refractivity contribution >= 4 is 5.82 Å². The van der Waals surface area contributed by atoms with Gasteiger partial charge in [-0.3, -0.25) is 0 Å². The quantitative estimate of drug-likeness (QED) is 0.740. The third kappa shape index (κ3) is 3.00. The van der Waals surface area contributed by atoms with Gasteiger partial charge in [-0.1, -0.05) is 68.4 Å². The largest absolute Gasteiger partial charge is 0.383 e. The first-order valence-corrected chi connectivity index (χ1v) is 7.96. The molecular weight excluding hydrogens is 294 g/mol. The molecule has 0 aliphatic rings. The Morgan fingerprint density at radius 2 is 1.62 bits per heavy atom. The number of aromatic nitrogens is 1. The summed E-state index contributed by atoms with van der Waals surface area (Å²) in [6.07, 6.45) is 0. The number of hydrogen-bond acceptors (Lipinski definition) is 3. The van der Waals surface area contributed by atoms with Crippen LogP contribution in [-0.4, -0.2) is 4.98 Å². The van der Waals surface area contributed by atoms with Crippen LogP contribution in [0.1, 0.15) is 30.9 Å². The maximum Gasteiger partial charge on any atom is 0.142 e. The van der Waals surface area contributed by atoms with Crippen molar-refractivity contribution in [2.45, 2.75) is 19.8 Å². The van der Waals surface area contributed by atoms with Crippen molar-refractivity contribution in [2.75, 3.05) is 5.73 Å². The third-order valence-electron chi connectivity index (χ3n) is 4.12. The Kier molecular flexibility index (Phi) is 4.31. The zero-order chi connectivity index (χ0) is 17.1. The first-order valence-electron chi connectivity index (χ1n) is 7.96. The minimum Gasteiger partial charge on any atom is -0.383 e. The smallest absolute Gasteiger partial charge is 0.142 e. The lowest BCUT2D eigenvalue weighted by Crippen LogP contribution is -2.00. The van der Waals surface area contributed by atoms with Crippen LogP contribution in [0.15, 0.2) is 60.7 Å². The van der Waals surface area contributed by atoms with E-state index in [9.17, 15) is 5.26 Å². The van der Waals surface area contributed by atoms with Gasteiger partial charge in [0.05, 0.1) is 5.69 Å². The second-order valence-corrected chi connectivity index (χ2v) is 6.07. The number of nitrogens with zero attached hydrogens (tertiary/aromatic N) is 2. The number of rotatable bonds is 3. The Balaban J connectivity index is 2.15. The highest BCUT2D eigenvalue weighted by Gasteiger charge is 2.13. The Labute approximate surface area is 142 Å². The molecule has 0 unspecified atom stereocenters. The molecule has 3 nitrogen and oxygen atoms in total. The zero-order valence-electron chi connectivity index (χ0n) is 13.8. The van der Waals surface area contributed by atoms with Crippen molar-refractivity contribution in [1.29, 1.82) is 5.26 Å². The predicted octanol–water partition coefficient (Wildman–Crippen LogP) is 4.99. The van der Waals surface area contributed by atoms with Gasteiger partial charge in [-0.2, -0.15) is 5.26 Å². The van der Waals surface area contributed by atoms with Gasteiger partial charge in [0, 0.05) is 11.1 Å². The molecule has 3 rings (SSSR count). The molecule has 0 fully saturated rings. The second-order valence-electron chi connectivity index (χ2n) is 6.07. The van der Waals surface area contributed by atoms with Crippen molar-refractivity contribution < 1.29 is 0 Å². The summed E-state index contributed by atoms with van der Waals surface area (Å²) in [5.74, 6) is 0.735. The van der Waals surface area contributed by atoms with Crippen molar-refractivity contribution in [1.82, 2.24) is 4.98 Å². The normalized spacial score (nSPS) is 10.6. The number of hydrogen-bond donors (Lipinski definition) is 1. The fourth-order valence-corrected chi connectivity index (χ4v) is 2.71. The molecule has 1 aromatic heterocycles. The minimum absolute atomic E-state index is 0.266. The van der Waals surface area contributed by atoms with Gasteiger partial charge in [-0.05, 0) is 23.1 Å². The van der Waals surface area contributed by atoms with Crippen LogP contribution in [0.4, 0.5) is 5.82 Å². The molecule has 24 heavy (non-hydrogen) atoms. The molecular formula is C21H19N3. The summed E-state index contributed by atoms with van der Waals surface area (Å²) in [5, 5.41) is 9.49. The molecule has 3 heteroatoms. The van der Waals surface area contributed by atoms with Crippen molar-refractivity contribution in [3.63, 3.8) is 0 Å². The Morgan fingerprint density at radius 3 is 2.21 bits per heavy atom. The lowest BCUT2D eigenvalue weighted by Gasteiger charge is -2.11. The van der Waals surface area contributed by atoms with Crippen LogP contribution in [0.5, 0.6) is 0 Å². The highest BCUT2D eigenvalue weighted by atomic mass is 14.8. The van der Waals surface area contributed by atoms with Gasteiger partial charge in [-0.15, -0.1) is 0 Å². The lowest BCUT2D eigenvalue weighted by atomic mass is 9.95. The third-order valence-corrected chi connectivity index (χ3v) is 4.12. The maximum atomic E-state index is 9.49. The molecule has 0 amide bonds. The molecule has 2 aromatic carbocycles. The Bertz CT molecular complexity index is 889. The summed E-state index contributed by atoms with van der Waals surface area (Å²) in [6, 6.07) is 22.3. The van der Waals surface area contributed by atoms with Gasteiger partial charge in [0.15, 0.2) is 0 Å². The van der Waals surface area contributed by atoms with E-state index in [1.807, 2.05) is 48.5 Å². The van der Waals surface area contributed by atoms with E-state index in [-0.39, 0.29) is 5.82 Å². The van der Waals surface area contributed by atoms with Crippen LogP contribution in [0.2, 0.25) is 0 Å². The number of benzene rings is 2. The van der Waals surface area contributed by atoms with E-state index in [0.29, 0.717) is 11.5 Å². The number of pyridine rings is 1. The van der Waals surface area contributed by atoms with Crippen molar-refractivity contribution in [3.05, 3.63) is 71.8 Å². The average Bonchev–Trinajstić information content (AvgIpc) is 2.62. The summed E-state index contributed by atoms with van der Waals surface area (Å²) >= 11 is 0. The highest BCUT2D eigenvalue weighted by Crippen LogP contribution is 2.31. The maximum absolute atomic E-state index is 9.49. The van der Waals surface area contributed by atoms with E-state index in [1.54, 1.807) is 0 Å². The summed E-state index contributed by atoms with van der Waals surface area (Å²) in [7, 11) is 0. The van der Waals surface area contributed by atoms with E-state index in [1.165, 1.54) is 5.56 Å². The number of nitriles is 1. The fraction of sp³-hybridized carbons (Fsp3) is 0.143. The molecule has 1 heterocycles. The molecule has 0 spiro atoms. The molecule has 0 atom stereocenters. The van der Waals surface area contributed by atoms with E-state index >= 15 is 0 Å². The number of nitrogen functional groups attached to an aromatic ring is 1. The average molecular weight is 313 g/mol. The fourth-order valence-electron chi connectivity index (χ4n) is 2.71. The highest BCUT2D eigenvalue weighted by molar-refractivity contribution is 5.80. The molecule has 3 aromatic rings. The van der Waals surface area contributed by atoms with E-state index in [4.69, 9.17) is 5.73 Å².